The highest BCUT2D eigenvalue weighted by atomic mass is 35.5. The van der Waals surface area contributed by atoms with Crippen LogP contribution in [0, 0.1) is 26.6 Å². The van der Waals surface area contributed by atoms with Gasteiger partial charge in [-0.2, -0.15) is 0 Å². The van der Waals surface area contributed by atoms with Gasteiger partial charge in [-0.15, -0.1) is 0 Å². The number of carbonyl (C=O) groups is 3. The normalized spacial score (nSPS) is 10.9. The van der Waals surface area contributed by atoms with Crippen LogP contribution in [0.4, 0.5) is 10.1 Å². The number of fused-ring (bicyclic) bond motifs is 2. The number of aromatic nitrogens is 4. The van der Waals surface area contributed by atoms with Gasteiger partial charge in [0.15, 0.2) is 0 Å². The average Bonchev–Trinajstić information content (AvgIpc) is 3.25. The highest BCUT2D eigenvalue weighted by Gasteiger charge is 2.16. The van der Waals surface area contributed by atoms with Gasteiger partial charge in [0.1, 0.15) is 58.8 Å². The van der Waals surface area contributed by atoms with Crippen molar-refractivity contribution >= 4 is 68.0 Å². The number of aryl methyl sites for hydroxylation is 3. The number of ketones is 3. The molecule has 0 aliphatic heterocycles. The summed E-state index contributed by atoms with van der Waals surface area (Å²) in [5.41, 5.74) is 11.3. The molecule has 0 bridgehead atoms. The minimum absolute atomic E-state index is 0.00317. The largest absolute Gasteiger partial charge is 0.493 e. The molecule has 65 heavy (non-hydrogen) atoms. The van der Waals surface area contributed by atoms with Gasteiger partial charge in [0.2, 0.25) is 11.8 Å². The van der Waals surface area contributed by atoms with Crippen LogP contribution in [0.25, 0.3) is 21.8 Å². The molecule has 0 aliphatic carbocycles. The number of carbonyl (C=O) groups excluding carboxylic acids is 3. The van der Waals surface area contributed by atoms with E-state index in [1.54, 1.807) is 62.4 Å². The van der Waals surface area contributed by atoms with Gasteiger partial charge in [-0.05, 0) is 112 Å². The van der Waals surface area contributed by atoms with Crippen molar-refractivity contribution in [2.24, 2.45) is 0 Å². The fourth-order valence-electron chi connectivity index (χ4n) is 6.67. The molecule has 0 saturated carbocycles. The molecule has 0 amide bonds. The Hall–Kier alpha value is -6.70. The van der Waals surface area contributed by atoms with Crippen molar-refractivity contribution in [3.05, 3.63) is 135 Å². The zero-order valence-electron chi connectivity index (χ0n) is 36.7. The Kier molecular flexibility index (Phi) is 16.4. The van der Waals surface area contributed by atoms with Crippen LogP contribution < -0.4 is 24.7 Å². The van der Waals surface area contributed by atoms with Gasteiger partial charge >= 0.3 is 0 Å². The Morgan fingerprint density at radius 3 is 1.63 bits per heavy atom. The first-order chi connectivity index (χ1) is 31.1. The minimum Gasteiger partial charge on any atom is -0.493 e. The summed E-state index contributed by atoms with van der Waals surface area (Å²) in [6.07, 6.45) is 5.24. The molecule has 336 valence electrons. The van der Waals surface area contributed by atoms with Crippen molar-refractivity contribution in [3.8, 4) is 34.8 Å². The molecule has 7 rings (SSSR count). The molecule has 2 aromatic heterocycles. The molecule has 0 fully saturated rings. The first kappa shape index (κ1) is 47.8. The second kappa shape index (κ2) is 22.3. The van der Waals surface area contributed by atoms with Crippen LogP contribution in [0.3, 0.4) is 0 Å². The smallest absolute Gasteiger partial charge is 0.230 e. The third kappa shape index (κ3) is 13.4. The maximum atomic E-state index is 14.0. The SMILES string of the molecule is CC(=O)CCCOc1cc2ncnc(Oc3ccc(CC(=O)Cc4cc(C)ccc4F)c(Cl)c3)c2cc1C.CC(=O)CCCOc1cc2ncnc(Oc3ccc(N)c(Cl)c3)c2cc1C. The van der Waals surface area contributed by atoms with Crippen molar-refractivity contribution in [1.29, 1.82) is 0 Å². The quantitative estimate of drug-likeness (QED) is 0.0640. The number of hydrogen-bond donors (Lipinski definition) is 1. The van der Waals surface area contributed by atoms with Crippen molar-refractivity contribution in [2.75, 3.05) is 18.9 Å². The Bertz CT molecular complexity index is 2880. The zero-order valence-corrected chi connectivity index (χ0v) is 38.2. The van der Waals surface area contributed by atoms with E-state index < -0.39 is 5.82 Å². The number of nitrogen functional groups attached to an aromatic ring is 1. The first-order valence-electron chi connectivity index (χ1n) is 20.8. The summed E-state index contributed by atoms with van der Waals surface area (Å²) in [6.45, 7) is 9.77. The standard InChI is InChI=1S/C30H28ClFN2O4.C20H20ClN3O3/c1-18-6-9-27(32)22(11-18)14-23(36)13-21-7-8-24(15-26(21)31)38-30-25-12-19(2)29(16-28(25)33-17-34-30)37-10-4-5-20(3)35;1-12-8-15-18(10-19(12)26-7-3-4-13(2)25)23-11-24-20(15)27-14-5-6-17(22)16(21)9-14/h6-9,11-12,15-17H,4-5,10,13-14H2,1-3H3;5-6,8-11H,3-4,7,22H2,1-2H3. The number of ether oxygens (including phenoxy) is 4. The van der Waals surface area contributed by atoms with Crippen molar-refractivity contribution in [2.45, 2.75) is 73.1 Å². The lowest BCUT2D eigenvalue weighted by Crippen LogP contribution is -2.08. The lowest BCUT2D eigenvalue weighted by molar-refractivity contribution is -0.118. The van der Waals surface area contributed by atoms with Crippen molar-refractivity contribution < 1.29 is 37.7 Å². The Balaban J connectivity index is 0.000000228. The maximum absolute atomic E-state index is 14.0. The number of anilines is 1. The molecule has 2 heterocycles. The summed E-state index contributed by atoms with van der Waals surface area (Å²) >= 11 is 12.5. The molecular formula is C50H48Cl2FN5O7. The third-order valence-electron chi connectivity index (χ3n) is 10.1. The molecule has 0 aliphatic rings. The molecule has 7 aromatic rings. The number of Topliss-reactive ketones (excluding diaryl/α,β-unsaturated/α-hetero) is 3. The second-order valence-electron chi connectivity index (χ2n) is 15.6. The van der Waals surface area contributed by atoms with Gasteiger partial charge in [0, 0.05) is 48.9 Å². The van der Waals surface area contributed by atoms with Gasteiger partial charge in [-0.3, -0.25) is 4.79 Å². The maximum Gasteiger partial charge on any atom is 0.230 e. The lowest BCUT2D eigenvalue weighted by atomic mass is 10.0. The Morgan fingerprint density at radius 1 is 0.615 bits per heavy atom. The van der Waals surface area contributed by atoms with Gasteiger partial charge in [-0.25, -0.2) is 24.3 Å². The van der Waals surface area contributed by atoms with Crippen LogP contribution in [-0.4, -0.2) is 50.5 Å². The molecule has 0 unspecified atom stereocenters. The van der Waals surface area contributed by atoms with Crippen molar-refractivity contribution in [3.63, 3.8) is 0 Å². The van der Waals surface area contributed by atoms with Gasteiger partial charge < -0.3 is 34.3 Å². The number of benzene rings is 5. The molecule has 0 saturated heterocycles. The van der Waals surface area contributed by atoms with E-state index in [2.05, 4.69) is 19.9 Å². The number of halogens is 3. The molecular weight excluding hydrogens is 872 g/mol. The monoisotopic (exact) mass is 919 g/mol. The molecule has 15 heteroatoms. The predicted octanol–water partition coefficient (Wildman–Crippen LogP) is 11.6. The molecule has 12 nitrogen and oxygen atoms in total. The van der Waals surface area contributed by atoms with Gasteiger partial charge in [0.05, 0.1) is 45.7 Å². The van der Waals surface area contributed by atoms with Gasteiger partial charge in [0.25, 0.3) is 0 Å². The summed E-state index contributed by atoms with van der Waals surface area (Å²) in [6, 6.07) is 22.3. The van der Waals surface area contributed by atoms with E-state index in [9.17, 15) is 18.8 Å². The van der Waals surface area contributed by atoms with Crippen molar-refractivity contribution in [1.82, 2.24) is 19.9 Å². The third-order valence-corrected chi connectivity index (χ3v) is 10.7. The van der Waals surface area contributed by atoms with E-state index >= 15 is 0 Å². The van der Waals surface area contributed by atoms with Crippen LogP contribution in [0.2, 0.25) is 10.0 Å². The summed E-state index contributed by atoms with van der Waals surface area (Å²) in [5.74, 6) is 2.96. The molecule has 0 spiro atoms. The lowest BCUT2D eigenvalue weighted by Gasteiger charge is -2.13. The van der Waals surface area contributed by atoms with Crippen LogP contribution in [-0.2, 0) is 27.2 Å². The number of hydrogen-bond acceptors (Lipinski definition) is 12. The van der Waals surface area contributed by atoms with E-state index in [0.29, 0.717) is 111 Å². The first-order valence-corrected chi connectivity index (χ1v) is 21.6. The fraction of sp³-hybridized carbons (Fsp3) is 0.260. The Labute approximate surface area is 386 Å². The van der Waals surface area contributed by atoms with E-state index in [1.807, 2.05) is 45.0 Å². The van der Waals surface area contributed by atoms with E-state index in [-0.39, 0.29) is 30.2 Å². The fourth-order valence-corrected chi connectivity index (χ4v) is 7.08. The van der Waals surface area contributed by atoms with E-state index in [4.69, 9.17) is 47.9 Å². The number of rotatable bonds is 18. The summed E-state index contributed by atoms with van der Waals surface area (Å²) < 4.78 is 37.6. The molecule has 0 radical (unpaired) electrons. The topological polar surface area (TPSA) is 166 Å². The van der Waals surface area contributed by atoms with Crippen LogP contribution in [0.15, 0.2) is 91.5 Å². The van der Waals surface area contributed by atoms with E-state index in [0.717, 1.165) is 27.8 Å². The Morgan fingerprint density at radius 2 is 1.12 bits per heavy atom. The average molecular weight is 921 g/mol. The second-order valence-corrected chi connectivity index (χ2v) is 16.4. The highest BCUT2D eigenvalue weighted by Crippen LogP contribution is 2.35. The number of nitrogens with two attached hydrogens (primary N) is 1. The van der Waals surface area contributed by atoms with Crippen LogP contribution in [0.1, 0.15) is 67.3 Å². The van der Waals surface area contributed by atoms with E-state index in [1.165, 1.54) is 18.7 Å². The highest BCUT2D eigenvalue weighted by molar-refractivity contribution is 6.33. The summed E-state index contributed by atoms with van der Waals surface area (Å²) in [5, 5.41) is 2.26. The summed E-state index contributed by atoms with van der Waals surface area (Å²) in [4.78, 5) is 51.9. The zero-order chi connectivity index (χ0) is 46.6. The summed E-state index contributed by atoms with van der Waals surface area (Å²) in [7, 11) is 0. The molecule has 5 aromatic carbocycles. The molecule has 2 N–H and O–H groups in total. The van der Waals surface area contributed by atoms with Gasteiger partial charge in [-0.1, -0.05) is 47.0 Å². The predicted molar refractivity (Wildman–Crippen MR) is 250 cm³/mol. The van der Waals surface area contributed by atoms with Crippen LogP contribution >= 0.6 is 23.2 Å². The van der Waals surface area contributed by atoms with Crippen LogP contribution in [0.5, 0.6) is 34.8 Å². The molecule has 0 atom stereocenters. The minimum atomic E-state index is -0.391. The number of nitrogens with zero attached hydrogens (tertiary/aromatic N) is 4.